The molecule has 5 nitrogen and oxygen atoms in total. The third kappa shape index (κ3) is 3.75. The van der Waals surface area contributed by atoms with Crippen molar-refractivity contribution in [3.05, 3.63) is 65.5 Å². The summed E-state index contributed by atoms with van der Waals surface area (Å²) in [6.45, 7) is 6.18. The van der Waals surface area contributed by atoms with Gasteiger partial charge < -0.3 is 14.0 Å². The fraction of sp³-hybridized carbons (Fsp3) is 0.348. The van der Waals surface area contributed by atoms with E-state index in [2.05, 4.69) is 54.4 Å². The van der Waals surface area contributed by atoms with Crippen molar-refractivity contribution in [2.45, 2.75) is 26.1 Å². The van der Waals surface area contributed by atoms with Gasteiger partial charge in [-0.15, -0.1) is 0 Å². The Bertz CT molecular complexity index is 1020. The van der Waals surface area contributed by atoms with Crippen LogP contribution in [0.15, 0.2) is 48.7 Å². The van der Waals surface area contributed by atoms with Gasteiger partial charge in [0.25, 0.3) is 0 Å². The number of rotatable bonds is 5. The Labute approximate surface area is 165 Å². The topological polar surface area (TPSA) is 50.4 Å². The zero-order valence-corrected chi connectivity index (χ0v) is 16.4. The largest absolute Gasteiger partial charge is 0.497 e. The molecule has 2 aromatic carbocycles. The highest BCUT2D eigenvalue weighted by Gasteiger charge is 2.23. The van der Waals surface area contributed by atoms with Gasteiger partial charge >= 0.3 is 0 Å². The van der Waals surface area contributed by atoms with Gasteiger partial charge in [-0.05, 0) is 53.1 Å². The third-order valence-electron chi connectivity index (χ3n) is 5.41. The predicted molar refractivity (Wildman–Crippen MR) is 109 cm³/mol. The molecule has 3 aromatic rings. The van der Waals surface area contributed by atoms with Gasteiger partial charge in [-0.3, -0.25) is 4.90 Å². The number of methoxy groups -OCH3 is 1. The van der Waals surface area contributed by atoms with E-state index < -0.39 is 0 Å². The van der Waals surface area contributed by atoms with E-state index in [1.807, 2.05) is 16.7 Å². The van der Waals surface area contributed by atoms with Crippen LogP contribution in [0.2, 0.25) is 0 Å². The summed E-state index contributed by atoms with van der Waals surface area (Å²) >= 11 is 0. The average Bonchev–Trinajstić information content (AvgIpc) is 3.15. The minimum Gasteiger partial charge on any atom is -0.497 e. The van der Waals surface area contributed by atoms with E-state index in [4.69, 9.17) is 9.47 Å². The van der Waals surface area contributed by atoms with Crippen molar-refractivity contribution in [2.75, 3.05) is 26.8 Å². The lowest BCUT2D eigenvalue weighted by Crippen LogP contribution is -2.37. The van der Waals surface area contributed by atoms with Crippen molar-refractivity contribution >= 4 is 10.8 Å². The molecule has 4 rings (SSSR count). The lowest BCUT2D eigenvalue weighted by atomic mass is 10.0. The number of nitrogens with zero attached hydrogens (tertiary/aromatic N) is 3. The van der Waals surface area contributed by atoms with Crippen LogP contribution in [0.3, 0.4) is 0 Å². The highest BCUT2D eigenvalue weighted by molar-refractivity contribution is 5.84. The van der Waals surface area contributed by atoms with Crippen LogP contribution in [0.4, 0.5) is 0 Å². The molecule has 2 heterocycles. The van der Waals surface area contributed by atoms with E-state index in [0.29, 0.717) is 6.61 Å². The monoisotopic (exact) mass is 375 g/mol. The van der Waals surface area contributed by atoms with Crippen LogP contribution in [0.25, 0.3) is 10.8 Å². The maximum Gasteiger partial charge on any atom is 0.120 e. The van der Waals surface area contributed by atoms with Crippen molar-refractivity contribution < 1.29 is 9.47 Å². The van der Waals surface area contributed by atoms with E-state index >= 15 is 0 Å². The second-order valence-electron chi connectivity index (χ2n) is 7.20. The molecule has 0 radical (unpaired) electrons. The van der Waals surface area contributed by atoms with Gasteiger partial charge in [0.15, 0.2) is 0 Å². The average molecular weight is 375 g/mol. The molecule has 1 aromatic heterocycles. The number of fused-ring (bicyclic) bond motifs is 1. The molecule has 0 aliphatic carbocycles. The third-order valence-corrected chi connectivity index (χ3v) is 5.41. The molecule has 0 saturated carbocycles. The van der Waals surface area contributed by atoms with E-state index in [1.54, 1.807) is 7.11 Å². The summed E-state index contributed by atoms with van der Waals surface area (Å²) in [6, 6.07) is 16.9. The van der Waals surface area contributed by atoms with Crippen molar-refractivity contribution in [3.8, 4) is 11.8 Å². The van der Waals surface area contributed by atoms with Gasteiger partial charge in [-0.2, -0.15) is 5.26 Å². The number of benzene rings is 2. The van der Waals surface area contributed by atoms with Crippen molar-refractivity contribution in [1.82, 2.24) is 9.47 Å². The highest BCUT2D eigenvalue weighted by Crippen LogP contribution is 2.28. The molecule has 1 fully saturated rings. The Morgan fingerprint density at radius 1 is 1.18 bits per heavy atom. The molecule has 28 heavy (non-hydrogen) atoms. The number of aromatic nitrogens is 1. The molecule has 0 bridgehead atoms. The van der Waals surface area contributed by atoms with Gasteiger partial charge in [-0.1, -0.05) is 18.2 Å². The summed E-state index contributed by atoms with van der Waals surface area (Å²) in [5.74, 6) is 0.871. The number of morpholine rings is 1. The van der Waals surface area contributed by atoms with Crippen molar-refractivity contribution in [2.24, 2.45) is 0 Å². The van der Waals surface area contributed by atoms with Gasteiger partial charge in [0, 0.05) is 32.4 Å². The van der Waals surface area contributed by atoms with Crippen LogP contribution < -0.4 is 4.74 Å². The summed E-state index contributed by atoms with van der Waals surface area (Å²) in [6.07, 6.45) is 2.15. The molecule has 0 unspecified atom stereocenters. The van der Waals surface area contributed by atoms with Crippen LogP contribution in [0.1, 0.15) is 29.8 Å². The van der Waals surface area contributed by atoms with E-state index in [-0.39, 0.29) is 6.10 Å². The lowest BCUT2D eigenvalue weighted by molar-refractivity contribution is -0.0328. The Morgan fingerprint density at radius 3 is 2.75 bits per heavy atom. The number of aryl methyl sites for hydroxylation is 1. The Morgan fingerprint density at radius 2 is 2.00 bits per heavy atom. The standard InChI is InChI=1S/C23H25N3O2/c1-3-26-15-17(10-21(26)13-24)14-25-8-9-28-23(16-25)20-5-4-19-12-22(27-2)7-6-18(19)11-20/h4-7,10-12,15,23H,3,8-9,14,16H2,1-2H3/t23-/m1/s1. The van der Waals surface area contributed by atoms with Crippen LogP contribution in [-0.4, -0.2) is 36.3 Å². The molecule has 0 amide bonds. The molecular formula is C23H25N3O2. The number of hydrogen-bond donors (Lipinski definition) is 0. The Kier molecular flexibility index (Phi) is 5.34. The lowest BCUT2D eigenvalue weighted by Gasteiger charge is -2.33. The predicted octanol–water partition coefficient (Wildman–Crippen LogP) is 4.11. The molecule has 0 N–H and O–H groups in total. The summed E-state index contributed by atoms with van der Waals surface area (Å²) in [7, 11) is 1.69. The summed E-state index contributed by atoms with van der Waals surface area (Å²) in [5.41, 5.74) is 3.11. The second-order valence-corrected chi connectivity index (χ2v) is 7.20. The summed E-state index contributed by atoms with van der Waals surface area (Å²) < 4.78 is 13.4. The molecule has 1 aliphatic rings. The first-order valence-electron chi connectivity index (χ1n) is 9.71. The van der Waals surface area contributed by atoms with Gasteiger partial charge in [0.05, 0.1) is 19.8 Å². The molecule has 1 aliphatic heterocycles. The van der Waals surface area contributed by atoms with Crippen molar-refractivity contribution in [1.29, 1.82) is 5.26 Å². The normalized spacial score (nSPS) is 17.5. The molecule has 1 saturated heterocycles. The van der Waals surface area contributed by atoms with Gasteiger partial charge in [0.1, 0.15) is 17.5 Å². The van der Waals surface area contributed by atoms with Crippen LogP contribution in [-0.2, 0) is 17.8 Å². The molecule has 0 spiro atoms. The maximum absolute atomic E-state index is 9.27. The van der Waals surface area contributed by atoms with Crippen LogP contribution in [0, 0.1) is 11.3 Å². The SMILES string of the molecule is CCn1cc(CN2CCO[C@@H](c3ccc4cc(OC)ccc4c3)C2)cc1C#N. The first kappa shape index (κ1) is 18.5. The van der Waals surface area contributed by atoms with E-state index in [1.165, 1.54) is 21.9 Å². The number of hydrogen-bond acceptors (Lipinski definition) is 4. The maximum atomic E-state index is 9.27. The summed E-state index contributed by atoms with van der Waals surface area (Å²) in [5, 5.41) is 11.6. The van der Waals surface area contributed by atoms with Crippen molar-refractivity contribution in [3.63, 3.8) is 0 Å². The fourth-order valence-corrected chi connectivity index (χ4v) is 3.89. The summed E-state index contributed by atoms with van der Waals surface area (Å²) in [4.78, 5) is 2.41. The number of ether oxygens (including phenoxy) is 2. The van der Waals surface area contributed by atoms with Gasteiger partial charge in [0.2, 0.25) is 0 Å². The minimum absolute atomic E-state index is 0.0592. The van der Waals surface area contributed by atoms with Crippen LogP contribution >= 0.6 is 0 Å². The Balaban J connectivity index is 1.50. The zero-order chi connectivity index (χ0) is 19.5. The van der Waals surface area contributed by atoms with Gasteiger partial charge in [-0.25, -0.2) is 0 Å². The quantitative estimate of drug-likeness (QED) is 0.673. The minimum atomic E-state index is 0.0592. The van der Waals surface area contributed by atoms with Crippen LogP contribution in [0.5, 0.6) is 5.75 Å². The molecule has 144 valence electrons. The first-order chi connectivity index (χ1) is 13.7. The highest BCUT2D eigenvalue weighted by atomic mass is 16.5. The smallest absolute Gasteiger partial charge is 0.120 e. The Hall–Kier alpha value is -2.81. The molecular weight excluding hydrogens is 350 g/mol. The number of nitriles is 1. The van der Waals surface area contributed by atoms with E-state index in [9.17, 15) is 5.26 Å². The first-order valence-corrected chi connectivity index (χ1v) is 9.71. The zero-order valence-electron chi connectivity index (χ0n) is 16.4. The fourth-order valence-electron chi connectivity index (χ4n) is 3.89. The van der Waals surface area contributed by atoms with E-state index in [0.717, 1.165) is 37.6 Å². The molecule has 5 heteroatoms. The molecule has 1 atom stereocenters. The second kappa shape index (κ2) is 8.05.